The number of carbonyl (C=O) groups is 1. The number of aromatic nitrogens is 2. The van der Waals surface area contributed by atoms with E-state index in [4.69, 9.17) is 4.98 Å². The van der Waals surface area contributed by atoms with Gasteiger partial charge in [0.2, 0.25) is 0 Å². The van der Waals surface area contributed by atoms with Crippen molar-refractivity contribution in [2.75, 3.05) is 23.3 Å². The fourth-order valence-corrected chi connectivity index (χ4v) is 4.46. The van der Waals surface area contributed by atoms with Crippen LogP contribution in [0.3, 0.4) is 0 Å². The van der Waals surface area contributed by atoms with Crippen molar-refractivity contribution in [3.8, 4) is 0 Å². The molecule has 1 amide bonds. The quantitative estimate of drug-likeness (QED) is 0.437. The molecule has 0 bridgehead atoms. The average molecular weight is 435 g/mol. The zero-order chi connectivity index (χ0) is 23.1. The van der Waals surface area contributed by atoms with Gasteiger partial charge in [-0.15, -0.1) is 0 Å². The van der Waals surface area contributed by atoms with Gasteiger partial charge in [0.05, 0.1) is 22.4 Å². The molecular weight excluding hydrogens is 396 g/mol. The van der Waals surface area contributed by atoms with Crippen LogP contribution in [0.15, 0.2) is 36.4 Å². The van der Waals surface area contributed by atoms with E-state index in [0.29, 0.717) is 11.5 Å². The number of benzene rings is 2. The Morgan fingerprint density at radius 1 is 1.06 bits per heavy atom. The molecule has 1 aromatic heterocycles. The standard InChI is InChI=1S/C25H32N4O.C2H6/c1-4-29(5-2)23-16-21-20(26-24(27-21)18-9-7-6-8-10-18)15-22(23)28-25(30)19-13-11-17(3)12-14-19;1-2/h11-16,18H,4-10H2,1-3H3,(H,26,27)(H,28,30);1-2H3. The summed E-state index contributed by atoms with van der Waals surface area (Å²) in [6.45, 7) is 12.0. The SMILES string of the molecule is CC.CCN(CC)c1cc2nc(C3CCCCC3)[nH]c2cc1NC(=O)c1ccc(C)cc1. The minimum absolute atomic E-state index is 0.0882. The molecule has 0 radical (unpaired) electrons. The highest BCUT2D eigenvalue weighted by molar-refractivity contribution is 6.07. The van der Waals surface area contributed by atoms with Crippen molar-refractivity contribution >= 4 is 28.3 Å². The summed E-state index contributed by atoms with van der Waals surface area (Å²) in [7, 11) is 0. The molecule has 0 atom stereocenters. The van der Waals surface area contributed by atoms with Gasteiger partial charge in [-0.25, -0.2) is 4.98 Å². The number of carbonyl (C=O) groups excluding carboxylic acids is 1. The number of rotatable bonds is 6. The lowest BCUT2D eigenvalue weighted by molar-refractivity contribution is 0.102. The van der Waals surface area contributed by atoms with Gasteiger partial charge in [0, 0.05) is 24.6 Å². The first-order valence-corrected chi connectivity index (χ1v) is 12.3. The van der Waals surface area contributed by atoms with Crippen LogP contribution < -0.4 is 10.2 Å². The van der Waals surface area contributed by atoms with E-state index < -0.39 is 0 Å². The molecule has 1 heterocycles. The first-order chi connectivity index (χ1) is 15.6. The summed E-state index contributed by atoms with van der Waals surface area (Å²) in [5.41, 5.74) is 5.63. The van der Waals surface area contributed by atoms with E-state index in [9.17, 15) is 4.79 Å². The van der Waals surface area contributed by atoms with E-state index >= 15 is 0 Å². The fourth-order valence-electron chi connectivity index (χ4n) is 4.46. The molecule has 0 aliphatic heterocycles. The van der Waals surface area contributed by atoms with Crippen LogP contribution in [-0.2, 0) is 0 Å². The zero-order valence-electron chi connectivity index (χ0n) is 20.3. The van der Waals surface area contributed by atoms with Crippen LogP contribution in [-0.4, -0.2) is 29.0 Å². The Balaban J connectivity index is 0.00000141. The van der Waals surface area contributed by atoms with Crippen molar-refractivity contribution in [3.05, 3.63) is 53.3 Å². The lowest BCUT2D eigenvalue weighted by Crippen LogP contribution is -2.24. The van der Waals surface area contributed by atoms with Crippen molar-refractivity contribution < 1.29 is 4.79 Å². The Hall–Kier alpha value is -2.82. The Morgan fingerprint density at radius 2 is 1.72 bits per heavy atom. The van der Waals surface area contributed by atoms with Crippen LogP contribution in [0.2, 0.25) is 0 Å². The molecule has 5 nitrogen and oxygen atoms in total. The second kappa shape index (κ2) is 11.2. The van der Waals surface area contributed by atoms with Crippen LogP contribution in [0, 0.1) is 6.92 Å². The maximum Gasteiger partial charge on any atom is 0.255 e. The molecular formula is C27H38N4O. The fraction of sp³-hybridized carbons (Fsp3) is 0.481. The largest absolute Gasteiger partial charge is 0.370 e. The summed E-state index contributed by atoms with van der Waals surface area (Å²) in [5.74, 6) is 1.53. The number of amides is 1. The van der Waals surface area contributed by atoms with Crippen molar-refractivity contribution in [1.29, 1.82) is 0 Å². The van der Waals surface area contributed by atoms with Gasteiger partial charge in [0.1, 0.15) is 5.82 Å². The Morgan fingerprint density at radius 3 is 2.34 bits per heavy atom. The summed E-state index contributed by atoms with van der Waals surface area (Å²) < 4.78 is 0. The predicted octanol–water partition coefficient (Wildman–Crippen LogP) is 7.04. The van der Waals surface area contributed by atoms with Gasteiger partial charge in [-0.2, -0.15) is 0 Å². The number of fused-ring (bicyclic) bond motifs is 1. The molecule has 4 rings (SSSR count). The molecule has 1 fully saturated rings. The molecule has 3 aromatic rings. The van der Waals surface area contributed by atoms with E-state index in [1.165, 1.54) is 32.1 Å². The van der Waals surface area contributed by atoms with Crippen LogP contribution >= 0.6 is 0 Å². The smallest absolute Gasteiger partial charge is 0.255 e. The number of imidazole rings is 1. The molecule has 2 N–H and O–H groups in total. The first kappa shape index (κ1) is 23.8. The molecule has 0 spiro atoms. The Labute approximate surface area is 192 Å². The number of aryl methyl sites for hydroxylation is 1. The van der Waals surface area contributed by atoms with Crippen molar-refractivity contribution in [3.63, 3.8) is 0 Å². The highest BCUT2D eigenvalue weighted by Gasteiger charge is 2.21. The summed E-state index contributed by atoms with van der Waals surface area (Å²) in [6, 6.07) is 11.9. The lowest BCUT2D eigenvalue weighted by atomic mass is 9.89. The van der Waals surface area contributed by atoms with Gasteiger partial charge in [-0.1, -0.05) is 50.8 Å². The number of nitrogens with one attached hydrogen (secondary N) is 2. The van der Waals surface area contributed by atoms with Crippen molar-refractivity contribution in [2.24, 2.45) is 0 Å². The molecule has 0 saturated heterocycles. The molecule has 1 saturated carbocycles. The van der Waals surface area contributed by atoms with E-state index in [-0.39, 0.29) is 5.91 Å². The maximum absolute atomic E-state index is 12.9. The third kappa shape index (κ3) is 5.32. The second-order valence-corrected chi connectivity index (χ2v) is 8.34. The maximum atomic E-state index is 12.9. The number of anilines is 2. The Kier molecular flexibility index (Phi) is 8.32. The van der Waals surface area contributed by atoms with E-state index in [1.807, 2.05) is 45.0 Å². The summed E-state index contributed by atoms with van der Waals surface area (Å²) in [4.78, 5) is 23.7. The average Bonchev–Trinajstić information content (AvgIpc) is 3.25. The number of H-pyrrole nitrogens is 1. The van der Waals surface area contributed by atoms with Gasteiger partial charge in [-0.3, -0.25) is 4.79 Å². The summed E-state index contributed by atoms with van der Waals surface area (Å²) in [5, 5.41) is 3.15. The summed E-state index contributed by atoms with van der Waals surface area (Å²) >= 11 is 0. The van der Waals surface area contributed by atoms with Crippen LogP contribution in [0.25, 0.3) is 11.0 Å². The molecule has 0 unspecified atom stereocenters. The lowest BCUT2D eigenvalue weighted by Gasteiger charge is -2.24. The van der Waals surface area contributed by atoms with Crippen LogP contribution in [0.4, 0.5) is 11.4 Å². The van der Waals surface area contributed by atoms with E-state index in [1.54, 1.807) is 0 Å². The third-order valence-corrected chi connectivity index (χ3v) is 6.28. The van der Waals surface area contributed by atoms with Gasteiger partial charge in [0.15, 0.2) is 0 Å². The van der Waals surface area contributed by atoms with E-state index in [0.717, 1.165) is 46.9 Å². The van der Waals surface area contributed by atoms with E-state index in [2.05, 4.69) is 41.2 Å². The highest BCUT2D eigenvalue weighted by Crippen LogP contribution is 2.35. The number of nitrogens with zero attached hydrogens (tertiary/aromatic N) is 2. The van der Waals surface area contributed by atoms with Crippen LogP contribution in [0.5, 0.6) is 0 Å². The highest BCUT2D eigenvalue weighted by atomic mass is 16.1. The van der Waals surface area contributed by atoms with Gasteiger partial charge in [-0.05, 0) is 57.9 Å². The first-order valence-electron chi connectivity index (χ1n) is 12.3. The molecule has 1 aliphatic rings. The van der Waals surface area contributed by atoms with Gasteiger partial charge >= 0.3 is 0 Å². The minimum atomic E-state index is -0.0882. The van der Waals surface area contributed by atoms with Gasteiger partial charge in [0.25, 0.3) is 5.91 Å². The van der Waals surface area contributed by atoms with Crippen LogP contribution in [0.1, 0.15) is 87.5 Å². The normalized spacial score (nSPS) is 14.0. The van der Waals surface area contributed by atoms with Gasteiger partial charge < -0.3 is 15.2 Å². The molecule has 2 aromatic carbocycles. The number of hydrogen-bond donors (Lipinski definition) is 2. The third-order valence-electron chi connectivity index (χ3n) is 6.28. The van der Waals surface area contributed by atoms with Crippen molar-refractivity contribution in [1.82, 2.24) is 9.97 Å². The molecule has 172 valence electrons. The predicted molar refractivity (Wildman–Crippen MR) is 136 cm³/mol. The summed E-state index contributed by atoms with van der Waals surface area (Å²) in [6.07, 6.45) is 6.31. The number of hydrogen-bond acceptors (Lipinski definition) is 3. The molecule has 1 aliphatic carbocycles. The monoisotopic (exact) mass is 434 g/mol. The number of aromatic amines is 1. The molecule has 32 heavy (non-hydrogen) atoms. The molecule has 5 heteroatoms. The van der Waals surface area contributed by atoms with Crippen molar-refractivity contribution in [2.45, 2.75) is 72.6 Å². The second-order valence-electron chi connectivity index (χ2n) is 8.34. The topological polar surface area (TPSA) is 61.0 Å². The Bertz CT molecular complexity index is 1010. The zero-order valence-corrected chi connectivity index (χ0v) is 20.3. The minimum Gasteiger partial charge on any atom is -0.370 e.